The van der Waals surface area contributed by atoms with Crippen LogP contribution in [0.5, 0.6) is 0 Å². The van der Waals surface area contributed by atoms with E-state index in [4.69, 9.17) is 10.5 Å². The van der Waals surface area contributed by atoms with Gasteiger partial charge in [0.15, 0.2) is 0 Å². The predicted molar refractivity (Wildman–Crippen MR) is 76.8 cm³/mol. The zero-order valence-corrected chi connectivity index (χ0v) is 11.8. The first-order chi connectivity index (χ1) is 9.19. The van der Waals surface area contributed by atoms with Gasteiger partial charge in [-0.15, -0.1) is 0 Å². The summed E-state index contributed by atoms with van der Waals surface area (Å²) in [6, 6.07) is 9.99. The molecule has 0 aliphatic rings. The van der Waals surface area contributed by atoms with Gasteiger partial charge in [-0.1, -0.05) is 30.3 Å². The summed E-state index contributed by atoms with van der Waals surface area (Å²) in [6.45, 7) is 1.75. The van der Waals surface area contributed by atoms with Crippen molar-refractivity contribution < 1.29 is 9.53 Å². The third kappa shape index (κ3) is 5.41. The van der Waals surface area contributed by atoms with E-state index in [1.165, 1.54) is 0 Å². The highest BCUT2D eigenvalue weighted by Gasteiger charge is 2.20. The van der Waals surface area contributed by atoms with E-state index in [2.05, 4.69) is 0 Å². The molecule has 0 aliphatic heterocycles. The molecular formula is C15H24N2O2. The van der Waals surface area contributed by atoms with Crippen molar-refractivity contribution >= 4 is 5.91 Å². The average molecular weight is 264 g/mol. The number of methoxy groups -OCH3 is 1. The van der Waals surface area contributed by atoms with Crippen LogP contribution >= 0.6 is 0 Å². The van der Waals surface area contributed by atoms with Crippen LogP contribution in [0.2, 0.25) is 0 Å². The lowest BCUT2D eigenvalue weighted by Crippen LogP contribution is -2.38. The summed E-state index contributed by atoms with van der Waals surface area (Å²) < 4.78 is 4.99. The molecule has 0 aliphatic carbocycles. The minimum absolute atomic E-state index is 0.113. The van der Waals surface area contributed by atoms with Crippen LogP contribution in [-0.2, 0) is 16.0 Å². The van der Waals surface area contributed by atoms with Crippen molar-refractivity contribution in [2.24, 2.45) is 11.7 Å². The van der Waals surface area contributed by atoms with Crippen molar-refractivity contribution in [1.29, 1.82) is 0 Å². The third-order valence-corrected chi connectivity index (χ3v) is 3.18. The molecule has 0 saturated heterocycles. The first-order valence-corrected chi connectivity index (χ1v) is 6.67. The highest BCUT2D eigenvalue weighted by Crippen LogP contribution is 2.10. The second kappa shape index (κ2) is 8.67. The number of carbonyl (C=O) groups excluding carboxylic acids is 1. The van der Waals surface area contributed by atoms with Gasteiger partial charge in [-0.05, 0) is 18.4 Å². The Morgan fingerprint density at radius 1 is 1.37 bits per heavy atom. The van der Waals surface area contributed by atoms with Crippen molar-refractivity contribution in [2.75, 3.05) is 33.9 Å². The average Bonchev–Trinajstić information content (AvgIpc) is 2.45. The standard InChI is InChI=1S/C15H24N2O2/c1-17(9-6-10-19-2)15(18)14(12-16)11-13-7-4-3-5-8-13/h3-5,7-8,14H,6,9-12,16H2,1-2H3. The van der Waals surface area contributed by atoms with Crippen molar-refractivity contribution in [3.63, 3.8) is 0 Å². The quantitative estimate of drug-likeness (QED) is 0.720. The number of nitrogens with zero attached hydrogens (tertiary/aromatic N) is 1. The molecule has 4 nitrogen and oxygen atoms in total. The van der Waals surface area contributed by atoms with Crippen LogP contribution in [0.4, 0.5) is 0 Å². The number of ether oxygens (including phenoxy) is 1. The Balaban J connectivity index is 2.51. The van der Waals surface area contributed by atoms with E-state index in [0.717, 1.165) is 12.0 Å². The fraction of sp³-hybridized carbons (Fsp3) is 0.533. The molecule has 2 N–H and O–H groups in total. The van der Waals surface area contributed by atoms with Gasteiger partial charge in [-0.3, -0.25) is 4.79 Å². The molecular weight excluding hydrogens is 240 g/mol. The normalized spacial score (nSPS) is 12.2. The van der Waals surface area contributed by atoms with Gasteiger partial charge in [0.1, 0.15) is 0 Å². The highest BCUT2D eigenvalue weighted by molar-refractivity contribution is 5.79. The molecule has 0 fully saturated rings. The molecule has 1 aromatic rings. The van der Waals surface area contributed by atoms with Gasteiger partial charge >= 0.3 is 0 Å². The number of rotatable bonds is 8. The summed E-state index contributed by atoms with van der Waals surface area (Å²) in [5.41, 5.74) is 6.89. The molecule has 1 unspecified atom stereocenters. The number of hydrogen-bond donors (Lipinski definition) is 1. The number of hydrogen-bond acceptors (Lipinski definition) is 3. The molecule has 4 heteroatoms. The molecule has 0 bridgehead atoms. The van der Waals surface area contributed by atoms with Gasteiger partial charge in [0, 0.05) is 33.9 Å². The summed E-state index contributed by atoms with van der Waals surface area (Å²) in [5, 5.41) is 0. The van der Waals surface area contributed by atoms with Gasteiger partial charge in [0.2, 0.25) is 5.91 Å². The van der Waals surface area contributed by atoms with E-state index in [9.17, 15) is 4.79 Å². The lowest BCUT2D eigenvalue weighted by molar-refractivity contribution is -0.134. The van der Waals surface area contributed by atoms with Gasteiger partial charge in [-0.25, -0.2) is 0 Å². The van der Waals surface area contributed by atoms with E-state index in [-0.39, 0.29) is 11.8 Å². The molecule has 19 heavy (non-hydrogen) atoms. The molecule has 106 valence electrons. The number of carbonyl (C=O) groups is 1. The Morgan fingerprint density at radius 3 is 2.63 bits per heavy atom. The lowest BCUT2D eigenvalue weighted by atomic mass is 9.98. The number of benzene rings is 1. The third-order valence-electron chi connectivity index (χ3n) is 3.18. The smallest absolute Gasteiger partial charge is 0.227 e. The summed E-state index contributed by atoms with van der Waals surface area (Å²) in [5.74, 6) is -0.0302. The Bertz CT molecular complexity index is 368. The van der Waals surface area contributed by atoms with Crippen molar-refractivity contribution in [2.45, 2.75) is 12.8 Å². The minimum Gasteiger partial charge on any atom is -0.385 e. The fourth-order valence-corrected chi connectivity index (χ4v) is 2.04. The SMILES string of the molecule is COCCCN(C)C(=O)C(CN)Cc1ccccc1. The summed E-state index contributed by atoms with van der Waals surface area (Å²) in [7, 11) is 3.49. The summed E-state index contributed by atoms with van der Waals surface area (Å²) in [4.78, 5) is 14.0. The molecule has 0 radical (unpaired) electrons. The Morgan fingerprint density at radius 2 is 2.05 bits per heavy atom. The zero-order chi connectivity index (χ0) is 14.1. The maximum atomic E-state index is 12.3. The van der Waals surface area contributed by atoms with Gasteiger partial charge in [-0.2, -0.15) is 0 Å². The van der Waals surface area contributed by atoms with Crippen LogP contribution in [0.3, 0.4) is 0 Å². The van der Waals surface area contributed by atoms with Crippen LogP contribution in [0, 0.1) is 5.92 Å². The molecule has 0 saturated carbocycles. The Kier molecular flexibility index (Phi) is 7.15. The topological polar surface area (TPSA) is 55.6 Å². The molecule has 0 heterocycles. The van der Waals surface area contributed by atoms with E-state index in [0.29, 0.717) is 26.1 Å². The fourth-order valence-electron chi connectivity index (χ4n) is 2.04. The number of amides is 1. The second-order valence-electron chi connectivity index (χ2n) is 4.73. The summed E-state index contributed by atoms with van der Waals surface area (Å²) >= 11 is 0. The molecule has 1 rings (SSSR count). The van der Waals surface area contributed by atoms with Crippen LogP contribution in [0.15, 0.2) is 30.3 Å². The van der Waals surface area contributed by atoms with Crippen LogP contribution < -0.4 is 5.73 Å². The Labute approximate surface area is 115 Å². The van der Waals surface area contributed by atoms with E-state index < -0.39 is 0 Å². The number of nitrogens with two attached hydrogens (primary N) is 1. The van der Waals surface area contributed by atoms with Crippen molar-refractivity contribution in [3.8, 4) is 0 Å². The minimum atomic E-state index is -0.144. The van der Waals surface area contributed by atoms with Crippen molar-refractivity contribution in [3.05, 3.63) is 35.9 Å². The van der Waals surface area contributed by atoms with Crippen LogP contribution in [0.25, 0.3) is 0 Å². The van der Waals surface area contributed by atoms with E-state index in [1.54, 1.807) is 12.0 Å². The first kappa shape index (κ1) is 15.7. The summed E-state index contributed by atoms with van der Waals surface area (Å²) in [6.07, 6.45) is 1.55. The van der Waals surface area contributed by atoms with E-state index >= 15 is 0 Å². The maximum Gasteiger partial charge on any atom is 0.227 e. The second-order valence-corrected chi connectivity index (χ2v) is 4.73. The molecule has 1 aromatic carbocycles. The largest absolute Gasteiger partial charge is 0.385 e. The van der Waals surface area contributed by atoms with Gasteiger partial charge in [0.25, 0.3) is 0 Å². The molecule has 1 atom stereocenters. The predicted octanol–water partition coefficient (Wildman–Crippen LogP) is 1.30. The van der Waals surface area contributed by atoms with Crippen LogP contribution in [0.1, 0.15) is 12.0 Å². The monoisotopic (exact) mass is 264 g/mol. The molecule has 0 aromatic heterocycles. The molecule has 0 spiro atoms. The highest BCUT2D eigenvalue weighted by atomic mass is 16.5. The van der Waals surface area contributed by atoms with Crippen molar-refractivity contribution in [1.82, 2.24) is 4.90 Å². The maximum absolute atomic E-state index is 12.3. The zero-order valence-electron chi connectivity index (χ0n) is 11.8. The first-order valence-electron chi connectivity index (χ1n) is 6.67. The Hall–Kier alpha value is -1.39. The van der Waals surface area contributed by atoms with Gasteiger partial charge in [0.05, 0.1) is 5.92 Å². The van der Waals surface area contributed by atoms with E-state index in [1.807, 2.05) is 37.4 Å². The van der Waals surface area contributed by atoms with Crippen LogP contribution in [-0.4, -0.2) is 44.7 Å². The van der Waals surface area contributed by atoms with Gasteiger partial charge < -0.3 is 15.4 Å². The lowest BCUT2D eigenvalue weighted by Gasteiger charge is -2.23. The molecule has 1 amide bonds.